The van der Waals surface area contributed by atoms with Crippen LogP contribution >= 0.6 is 12.6 Å². The maximum atomic E-state index is 11.3. The summed E-state index contributed by atoms with van der Waals surface area (Å²) in [4.78, 5) is 44.1. The minimum Gasteiger partial charge on any atom is -0.368 e. The molecular weight excluding hydrogens is 274 g/mol. The molecule has 0 saturated carbocycles. The molecule has 0 aliphatic rings. The summed E-state index contributed by atoms with van der Waals surface area (Å²) >= 11 is 3.84. The molecule has 0 aliphatic heterocycles. The van der Waals surface area contributed by atoms with Gasteiger partial charge in [0, 0.05) is 5.75 Å². The van der Waals surface area contributed by atoms with Crippen LogP contribution in [0.2, 0.25) is 0 Å². The van der Waals surface area contributed by atoms with Gasteiger partial charge in [-0.1, -0.05) is 0 Å². The van der Waals surface area contributed by atoms with E-state index < -0.39 is 29.7 Å². The molecule has 0 fully saturated rings. The number of carbonyl (C=O) groups excluding carboxylic acids is 4. The molecule has 0 heterocycles. The van der Waals surface area contributed by atoms with Gasteiger partial charge in [-0.25, -0.2) is 0 Å². The van der Waals surface area contributed by atoms with E-state index in [4.69, 9.17) is 11.5 Å². The molecule has 0 spiro atoms. The first kappa shape index (κ1) is 17.2. The highest BCUT2D eigenvalue weighted by Crippen LogP contribution is 1.86. The quantitative estimate of drug-likeness (QED) is 0.252. The van der Waals surface area contributed by atoms with E-state index in [2.05, 4.69) is 28.6 Å². The third-order valence-corrected chi connectivity index (χ3v) is 2.30. The summed E-state index contributed by atoms with van der Waals surface area (Å²) in [5.74, 6) is -2.29. The van der Waals surface area contributed by atoms with E-state index in [1.165, 1.54) is 0 Å². The molecule has 0 radical (unpaired) electrons. The summed E-state index contributed by atoms with van der Waals surface area (Å²) in [5.41, 5.74) is 10.0. The first-order valence-electron chi connectivity index (χ1n) is 5.33. The SMILES string of the molecule is NCC(=O)NCC(=O)NCC(=O)NC(CS)C(N)=O. The third-order valence-electron chi connectivity index (χ3n) is 1.94. The van der Waals surface area contributed by atoms with Gasteiger partial charge in [0.25, 0.3) is 0 Å². The summed E-state index contributed by atoms with van der Waals surface area (Å²) in [6.07, 6.45) is 0. The van der Waals surface area contributed by atoms with Gasteiger partial charge in [-0.3, -0.25) is 19.2 Å². The van der Waals surface area contributed by atoms with Gasteiger partial charge in [-0.2, -0.15) is 12.6 Å². The molecule has 1 unspecified atom stereocenters. The Balaban J connectivity index is 3.92. The normalized spacial score (nSPS) is 11.3. The highest BCUT2D eigenvalue weighted by Gasteiger charge is 2.16. The minimum absolute atomic E-state index is 0.0571. The number of amides is 4. The van der Waals surface area contributed by atoms with Crippen molar-refractivity contribution < 1.29 is 19.2 Å². The molecule has 4 amide bonds. The van der Waals surface area contributed by atoms with E-state index in [0.717, 1.165) is 0 Å². The van der Waals surface area contributed by atoms with E-state index in [1.54, 1.807) is 0 Å². The van der Waals surface area contributed by atoms with E-state index in [9.17, 15) is 19.2 Å². The van der Waals surface area contributed by atoms with E-state index >= 15 is 0 Å². The van der Waals surface area contributed by atoms with Crippen molar-refractivity contribution in [3.05, 3.63) is 0 Å². The zero-order chi connectivity index (χ0) is 14.8. The summed E-state index contributed by atoms with van der Waals surface area (Å²) in [6, 6.07) is -0.898. The molecule has 9 nitrogen and oxygen atoms in total. The lowest BCUT2D eigenvalue weighted by atomic mass is 10.3. The number of carbonyl (C=O) groups is 4. The van der Waals surface area contributed by atoms with Crippen molar-refractivity contribution >= 4 is 36.3 Å². The van der Waals surface area contributed by atoms with Crippen LogP contribution in [0.1, 0.15) is 0 Å². The van der Waals surface area contributed by atoms with Crippen LogP contribution in [0.15, 0.2) is 0 Å². The smallest absolute Gasteiger partial charge is 0.240 e. The maximum absolute atomic E-state index is 11.3. The topological polar surface area (TPSA) is 156 Å². The van der Waals surface area contributed by atoms with Crippen LogP contribution in [0.3, 0.4) is 0 Å². The monoisotopic (exact) mass is 291 g/mol. The fourth-order valence-corrected chi connectivity index (χ4v) is 1.22. The molecular formula is C9H17N5O4S. The standard InChI is InChI=1S/C9H17N5O4S/c10-1-6(15)12-2-7(16)13-3-8(17)14-5(4-19)9(11)18/h5,19H,1-4,10H2,(H2,11,18)(H,12,15)(H,13,16)(H,14,17). The van der Waals surface area contributed by atoms with Crippen molar-refractivity contribution in [1.29, 1.82) is 0 Å². The van der Waals surface area contributed by atoms with Gasteiger partial charge in [0.15, 0.2) is 0 Å². The lowest BCUT2D eigenvalue weighted by molar-refractivity contribution is -0.129. The van der Waals surface area contributed by atoms with E-state index in [0.29, 0.717) is 0 Å². The van der Waals surface area contributed by atoms with Crippen LogP contribution in [0, 0.1) is 0 Å². The first-order valence-corrected chi connectivity index (χ1v) is 5.97. The molecule has 1 atom stereocenters. The van der Waals surface area contributed by atoms with Gasteiger partial charge in [0.2, 0.25) is 23.6 Å². The van der Waals surface area contributed by atoms with Crippen LogP contribution in [0.5, 0.6) is 0 Å². The Hall–Kier alpha value is -1.81. The van der Waals surface area contributed by atoms with Crippen LogP contribution in [0.4, 0.5) is 0 Å². The lowest BCUT2D eigenvalue weighted by Gasteiger charge is -2.13. The Morgan fingerprint density at radius 3 is 2.00 bits per heavy atom. The Bertz CT molecular complexity index is 363. The predicted molar refractivity (Wildman–Crippen MR) is 70.1 cm³/mol. The van der Waals surface area contributed by atoms with Crippen LogP contribution < -0.4 is 27.4 Å². The summed E-state index contributed by atoms with van der Waals surface area (Å²) in [6.45, 7) is -0.847. The Morgan fingerprint density at radius 2 is 1.53 bits per heavy atom. The third kappa shape index (κ3) is 8.00. The second kappa shape index (κ2) is 9.16. The number of thiol groups is 1. The van der Waals surface area contributed by atoms with Crippen molar-refractivity contribution in [2.75, 3.05) is 25.4 Å². The second-order valence-corrected chi connectivity index (χ2v) is 3.83. The fraction of sp³-hybridized carbons (Fsp3) is 0.556. The summed E-state index contributed by atoms with van der Waals surface area (Å²) in [5, 5.41) is 6.76. The Kier molecular flexibility index (Phi) is 8.29. The van der Waals surface area contributed by atoms with Gasteiger partial charge in [0.1, 0.15) is 6.04 Å². The first-order chi connectivity index (χ1) is 8.90. The van der Waals surface area contributed by atoms with Crippen LogP contribution in [-0.4, -0.2) is 55.1 Å². The molecule has 0 aromatic heterocycles. The molecule has 10 heteroatoms. The molecule has 0 aromatic rings. The second-order valence-electron chi connectivity index (χ2n) is 3.46. The van der Waals surface area contributed by atoms with E-state index in [1.807, 2.05) is 0 Å². The number of primary amides is 1. The van der Waals surface area contributed by atoms with Crippen molar-refractivity contribution in [2.24, 2.45) is 11.5 Å². The van der Waals surface area contributed by atoms with Crippen molar-refractivity contribution in [2.45, 2.75) is 6.04 Å². The molecule has 0 bridgehead atoms. The largest absolute Gasteiger partial charge is 0.368 e. The van der Waals surface area contributed by atoms with Gasteiger partial charge in [0.05, 0.1) is 19.6 Å². The molecule has 0 rings (SSSR count). The zero-order valence-corrected chi connectivity index (χ0v) is 11.0. The van der Waals surface area contributed by atoms with Gasteiger partial charge >= 0.3 is 0 Å². The van der Waals surface area contributed by atoms with Gasteiger partial charge < -0.3 is 27.4 Å². The average molecular weight is 291 g/mol. The van der Waals surface area contributed by atoms with Crippen LogP contribution in [0.25, 0.3) is 0 Å². The average Bonchev–Trinajstić information content (AvgIpc) is 2.39. The lowest BCUT2D eigenvalue weighted by Crippen LogP contribution is -2.49. The molecule has 0 aromatic carbocycles. The number of nitrogens with two attached hydrogens (primary N) is 2. The van der Waals surface area contributed by atoms with Crippen molar-refractivity contribution in [1.82, 2.24) is 16.0 Å². The zero-order valence-electron chi connectivity index (χ0n) is 10.1. The molecule has 0 aliphatic carbocycles. The van der Waals surface area contributed by atoms with Gasteiger partial charge in [-0.05, 0) is 0 Å². The van der Waals surface area contributed by atoms with Crippen molar-refractivity contribution in [3.8, 4) is 0 Å². The molecule has 108 valence electrons. The fourth-order valence-electron chi connectivity index (χ4n) is 0.945. The number of hydrogen-bond donors (Lipinski definition) is 6. The van der Waals surface area contributed by atoms with E-state index in [-0.39, 0.29) is 25.4 Å². The Labute approximate surface area is 115 Å². The maximum Gasteiger partial charge on any atom is 0.240 e. The molecule has 19 heavy (non-hydrogen) atoms. The number of hydrogen-bond acceptors (Lipinski definition) is 6. The minimum atomic E-state index is -0.898. The van der Waals surface area contributed by atoms with Crippen molar-refractivity contribution in [3.63, 3.8) is 0 Å². The van der Waals surface area contributed by atoms with Gasteiger partial charge in [-0.15, -0.1) is 0 Å². The van der Waals surface area contributed by atoms with Crippen LogP contribution in [-0.2, 0) is 19.2 Å². The summed E-state index contributed by atoms with van der Waals surface area (Å²) in [7, 11) is 0. The predicted octanol–water partition coefficient (Wildman–Crippen LogP) is -3.92. The molecule has 7 N–H and O–H groups in total. The number of nitrogens with one attached hydrogen (secondary N) is 3. The Morgan fingerprint density at radius 1 is 1.00 bits per heavy atom. The highest BCUT2D eigenvalue weighted by atomic mass is 32.1. The molecule has 0 saturated heterocycles. The summed E-state index contributed by atoms with van der Waals surface area (Å²) < 4.78 is 0. The number of rotatable bonds is 8. The highest BCUT2D eigenvalue weighted by molar-refractivity contribution is 7.80.